The molecule has 1 unspecified atom stereocenters. The average Bonchev–Trinajstić information content (AvgIpc) is 2.20. The molecule has 0 radical (unpaired) electrons. The monoisotopic (exact) mass is 180 g/mol. The third-order valence-corrected chi connectivity index (χ3v) is 1.57. The second kappa shape index (κ2) is 4.38. The summed E-state index contributed by atoms with van der Waals surface area (Å²) in [4.78, 5) is 12.4. The van der Waals surface area contributed by atoms with Crippen LogP contribution in [0.15, 0.2) is 0 Å². The van der Waals surface area contributed by atoms with Crippen molar-refractivity contribution < 1.29 is 4.79 Å². The number of rotatable bonds is 2. The summed E-state index contributed by atoms with van der Waals surface area (Å²) >= 11 is 0. The minimum atomic E-state index is -0.0987. The van der Waals surface area contributed by atoms with Gasteiger partial charge in [0.15, 0.2) is 0 Å². The lowest BCUT2D eigenvalue weighted by atomic mass is 10.3. The average molecular weight is 181 g/mol. The molecule has 1 atom stereocenters. The summed E-state index contributed by atoms with van der Waals surface area (Å²) in [6, 6.07) is -0.0987. The second-order valence-corrected chi connectivity index (χ2v) is 2.28. The Kier molecular flexibility index (Phi) is 4.17. The van der Waals surface area contributed by atoms with Crippen molar-refractivity contribution in [3.63, 3.8) is 0 Å². The van der Waals surface area contributed by atoms with Gasteiger partial charge in [-0.1, -0.05) is 0 Å². The van der Waals surface area contributed by atoms with Crippen LogP contribution in [0, 0.1) is 0 Å². The van der Waals surface area contributed by atoms with E-state index in [0.717, 1.165) is 6.42 Å². The van der Waals surface area contributed by atoms with Crippen LogP contribution in [0.1, 0.15) is 6.42 Å². The Morgan fingerprint density at radius 1 is 1.73 bits per heavy atom. The van der Waals surface area contributed by atoms with E-state index in [1.54, 1.807) is 11.9 Å². The van der Waals surface area contributed by atoms with Crippen LogP contribution in [0.3, 0.4) is 0 Å². The molecule has 0 aromatic rings. The highest BCUT2D eigenvalue weighted by atomic mass is 35.5. The standard InChI is InChI=1S/C5H12N4O.ClH/c1-9-4(2-3-6)7-8-5(9)10;/h4,7H,2-3,6H2,1H3,(H,8,10);1H. The first-order valence-electron chi connectivity index (χ1n) is 3.24. The number of carbonyl (C=O) groups excluding carboxylic acids is 1. The normalized spacial score (nSPS) is 22.9. The maximum absolute atomic E-state index is 10.8. The number of nitrogens with two attached hydrogens (primary N) is 1. The first-order chi connectivity index (χ1) is 4.75. The van der Waals surface area contributed by atoms with Gasteiger partial charge in [0, 0.05) is 7.05 Å². The SMILES string of the molecule is CN1C(=O)NNC1CCN.Cl. The fourth-order valence-corrected chi connectivity index (χ4v) is 0.895. The number of carbonyl (C=O) groups is 1. The van der Waals surface area contributed by atoms with Gasteiger partial charge in [-0.05, 0) is 13.0 Å². The van der Waals surface area contributed by atoms with Crippen LogP contribution in [0.25, 0.3) is 0 Å². The van der Waals surface area contributed by atoms with E-state index in [9.17, 15) is 4.79 Å². The first kappa shape index (κ1) is 10.5. The summed E-state index contributed by atoms with van der Waals surface area (Å²) in [5, 5.41) is 0. The number of hydrogen-bond acceptors (Lipinski definition) is 3. The highest BCUT2D eigenvalue weighted by Crippen LogP contribution is 2.01. The molecule has 2 amide bonds. The number of halogens is 1. The summed E-state index contributed by atoms with van der Waals surface area (Å²) in [5.74, 6) is 0. The van der Waals surface area contributed by atoms with Crippen LogP contribution < -0.4 is 16.6 Å². The molecule has 0 aromatic heterocycles. The van der Waals surface area contributed by atoms with Crippen molar-refractivity contribution in [1.82, 2.24) is 15.8 Å². The van der Waals surface area contributed by atoms with Crippen molar-refractivity contribution in [1.29, 1.82) is 0 Å². The lowest BCUT2D eigenvalue weighted by Gasteiger charge is -2.15. The molecule has 0 aromatic carbocycles. The van der Waals surface area contributed by atoms with E-state index in [1.807, 2.05) is 0 Å². The quantitative estimate of drug-likeness (QED) is 0.524. The molecule has 4 N–H and O–H groups in total. The molecule has 0 bridgehead atoms. The van der Waals surface area contributed by atoms with E-state index in [0.29, 0.717) is 6.54 Å². The zero-order valence-corrected chi connectivity index (χ0v) is 7.15. The molecule has 0 spiro atoms. The van der Waals surface area contributed by atoms with Crippen LogP contribution in [0.2, 0.25) is 0 Å². The molecular formula is C5H13ClN4O. The van der Waals surface area contributed by atoms with E-state index >= 15 is 0 Å². The van der Waals surface area contributed by atoms with Crippen LogP contribution in [-0.2, 0) is 0 Å². The number of hydrogen-bond donors (Lipinski definition) is 3. The van der Waals surface area contributed by atoms with Crippen molar-refractivity contribution in [2.45, 2.75) is 12.6 Å². The van der Waals surface area contributed by atoms with E-state index in [4.69, 9.17) is 5.73 Å². The number of urea groups is 1. The van der Waals surface area contributed by atoms with Crippen LogP contribution >= 0.6 is 12.4 Å². The smallest absolute Gasteiger partial charge is 0.330 e. The van der Waals surface area contributed by atoms with Gasteiger partial charge in [0.25, 0.3) is 0 Å². The molecule has 1 heterocycles. The maximum atomic E-state index is 10.8. The largest absolute Gasteiger partial charge is 0.332 e. The molecule has 1 rings (SSSR count). The minimum absolute atomic E-state index is 0. The third kappa shape index (κ3) is 2.21. The third-order valence-electron chi connectivity index (χ3n) is 1.57. The molecule has 1 aliphatic heterocycles. The van der Waals surface area contributed by atoms with Gasteiger partial charge in [-0.25, -0.2) is 10.2 Å². The molecule has 0 aliphatic carbocycles. The summed E-state index contributed by atoms with van der Waals surface area (Å²) in [5.41, 5.74) is 10.6. The van der Waals surface area contributed by atoms with Gasteiger partial charge in [0.1, 0.15) is 6.17 Å². The van der Waals surface area contributed by atoms with Gasteiger partial charge in [-0.15, -0.1) is 12.4 Å². The molecule has 1 fully saturated rings. The Morgan fingerprint density at radius 3 is 2.73 bits per heavy atom. The Morgan fingerprint density at radius 2 is 2.36 bits per heavy atom. The molecular weight excluding hydrogens is 168 g/mol. The lowest BCUT2D eigenvalue weighted by molar-refractivity contribution is 0.213. The van der Waals surface area contributed by atoms with Crippen LogP contribution in [0.5, 0.6) is 0 Å². The second-order valence-electron chi connectivity index (χ2n) is 2.28. The summed E-state index contributed by atoms with van der Waals surface area (Å²) in [6.07, 6.45) is 0.826. The van der Waals surface area contributed by atoms with Gasteiger partial charge < -0.3 is 10.6 Å². The van der Waals surface area contributed by atoms with Crippen molar-refractivity contribution in [3.05, 3.63) is 0 Å². The Bertz CT molecular complexity index is 142. The maximum Gasteiger partial charge on any atom is 0.332 e. The summed E-state index contributed by atoms with van der Waals surface area (Å²) in [7, 11) is 1.73. The van der Waals surface area contributed by atoms with E-state index in [2.05, 4.69) is 10.9 Å². The van der Waals surface area contributed by atoms with Gasteiger partial charge in [-0.3, -0.25) is 5.43 Å². The Labute approximate surface area is 71.7 Å². The highest BCUT2D eigenvalue weighted by Gasteiger charge is 2.25. The number of hydrazine groups is 1. The first-order valence-corrected chi connectivity index (χ1v) is 3.24. The lowest BCUT2D eigenvalue weighted by Crippen LogP contribution is -2.36. The zero-order chi connectivity index (χ0) is 7.56. The van der Waals surface area contributed by atoms with Gasteiger partial charge >= 0.3 is 6.03 Å². The molecule has 5 nitrogen and oxygen atoms in total. The summed E-state index contributed by atoms with van der Waals surface area (Å²) < 4.78 is 0. The number of amides is 2. The van der Waals surface area contributed by atoms with E-state index < -0.39 is 0 Å². The number of nitrogens with one attached hydrogen (secondary N) is 2. The molecule has 6 heteroatoms. The molecule has 0 saturated carbocycles. The predicted molar refractivity (Wildman–Crippen MR) is 44.1 cm³/mol. The van der Waals surface area contributed by atoms with Gasteiger partial charge in [0.2, 0.25) is 0 Å². The minimum Gasteiger partial charge on any atom is -0.330 e. The van der Waals surface area contributed by atoms with E-state index in [-0.39, 0.29) is 24.6 Å². The zero-order valence-electron chi connectivity index (χ0n) is 6.33. The van der Waals surface area contributed by atoms with Gasteiger partial charge in [0.05, 0.1) is 0 Å². The van der Waals surface area contributed by atoms with Gasteiger partial charge in [-0.2, -0.15) is 0 Å². The molecule has 1 aliphatic rings. The summed E-state index contributed by atoms with van der Waals surface area (Å²) in [6.45, 7) is 0.580. The topological polar surface area (TPSA) is 70.4 Å². The Hall–Kier alpha value is -0.520. The van der Waals surface area contributed by atoms with Crippen molar-refractivity contribution in [2.75, 3.05) is 13.6 Å². The fourth-order valence-electron chi connectivity index (χ4n) is 0.895. The van der Waals surface area contributed by atoms with Crippen LogP contribution in [0.4, 0.5) is 4.79 Å². The Balaban J connectivity index is 0.000001000. The molecule has 1 saturated heterocycles. The van der Waals surface area contributed by atoms with Crippen molar-refractivity contribution in [2.24, 2.45) is 5.73 Å². The van der Waals surface area contributed by atoms with Crippen molar-refractivity contribution in [3.8, 4) is 0 Å². The van der Waals surface area contributed by atoms with Crippen molar-refractivity contribution >= 4 is 18.4 Å². The molecule has 11 heavy (non-hydrogen) atoms. The predicted octanol–water partition coefficient (Wildman–Crippen LogP) is -0.757. The highest BCUT2D eigenvalue weighted by molar-refractivity contribution is 5.85. The van der Waals surface area contributed by atoms with Crippen LogP contribution in [-0.4, -0.2) is 30.7 Å². The van der Waals surface area contributed by atoms with E-state index in [1.165, 1.54) is 0 Å². The fraction of sp³-hybridized carbons (Fsp3) is 0.800. The number of nitrogens with zero attached hydrogens (tertiary/aromatic N) is 1. The molecule has 66 valence electrons.